The van der Waals surface area contributed by atoms with Crippen molar-refractivity contribution < 1.29 is 19.1 Å². The Morgan fingerprint density at radius 2 is 1.86 bits per heavy atom. The van der Waals surface area contributed by atoms with Gasteiger partial charge < -0.3 is 9.52 Å². The zero-order valence-electron chi connectivity index (χ0n) is 17.0. The summed E-state index contributed by atoms with van der Waals surface area (Å²) in [6, 6.07) is 6.26. The number of nitrogens with one attached hydrogen (secondary N) is 3. The Morgan fingerprint density at radius 1 is 1.14 bits per heavy atom. The molecule has 0 fully saturated rings. The highest BCUT2D eigenvalue weighted by Gasteiger charge is 2.28. The molecule has 1 aromatic carbocycles. The average Bonchev–Trinajstić information content (AvgIpc) is 3.01. The molecule has 1 aliphatic rings. The van der Waals surface area contributed by atoms with E-state index in [1.54, 1.807) is 19.1 Å². The molecule has 4 N–H and O–H groups in total. The molecule has 3 rings (SSSR count). The first-order chi connectivity index (χ1) is 13.7. The van der Waals surface area contributed by atoms with E-state index >= 15 is 0 Å². The number of fused-ring (bicyclic) bond motifs is 1. The van der Waals surface area contributed by atoms with Crippen LogP contribution in [-0.4, -0.2) is 28.2 Å². The molecule has 0 saturated heterocycles. The van der Waals surface area contributed by atoms with Crippen LogP contribution < -0.4 is 16.3 Å². The van der Waals surface area contributed by atoms with Crippen LogP contribution in [0.5, 0.6) is 5.75 Å². The number of phenolic OH excluding ortho intramolecular Hbond substituents is 1. The summed E-state index contributed by atoms with van der Waals surface area (Å²) in [4.78, 5) is 24.8. The highest BCUT2D eigenvalue weighted by Crippen LogP contribution is 2.30. The number of carbonyl (C=O) groups excluding carboxylic acids is 2. The number of carbonyl (C=O) groups is 2. The standard InChI is InChI=1S/C21H26N4O4/c1-12-17-14(22-23-19(27)13-8-5-6-10-15(13)26)9-7-11-16(17)29-18(12)20(28)24-25-21(2,3)4/h5-6,8,10,25-26H,7,9,11H2,1-4H3,(H,23,27)(H,24,28)/b22-14+. The number of aryl methyl sites for hydroxylation is 1. The monoisotopic (exact) mass is 398 g/mol. The Morgan fingerprint density at radius 3 is 2.55 bits per heavy atom. The maximum absolute atomic E-state index is 12.5. The maximum atomic E-state index is 12.5. The number of hydrogen-bond acceptors (Lipinski definition) is 6. The lowest BCUT2D eigenvalue weighted by Crippen LogP contribution is -2.48. The van der Waals surface area contributed by atoms with E-state index < -0.39 is 5.91 Å². The van der Waals surface area contributed by atoms with Crippen molar-refractivity contribution in [2.24, 2.45) is 5.10 Å². The van der Waals surface area contributed by atoms with E-state index in [0.717, 1.165) is 12.0 Å². The Hall–Kier alpha value is -3.13. The van der Waals surface area contributed by atoms with Crippen LogP contribution in [0.15, 0.2) is 33.8 Å². The molecular weight excluding hydrogens is 372 g/mol. The minimum Gasteiger partial charge on any atom is -0.507 e. The molecule has 154 valence electrons. The van der Waals surface area contributed by atoms with E-state index in [9.17, 15) is 14.7 Å². The topological polar surface area (TPSA) is 116 Å². The summed E-state index contributed by atoms with van der Waals surface area (Å²) < 4.78 is 5.82. The highest BCUT2D eigenvalue weighted by molar-refractivity contribution is 6.07. The normalized spacial score (nSPS) is 15.1. The fourth-order valence-electron chi connectivity index (χ4n) is 3.14. The van der Waals surface area contributed by atoms with Gasteiger partial charge in [0.15, 0.2) is 5.76 Å². The average molecular weight is 398 g/mol. The van der Waals surface area contributed by atoms with Gasteiger partial charge in [0, 0.05) is 23.1 Å². The third-order valence-electron chi connectivity index (χ3n) is 4.52. The molecule has 0 saturated carbocycles. The lowest BCUT2D eigenvalue weighted by Gasteiger charge is -2.20. The van der Waals surface area contributed by atoms with E-state index in [1.165, 1.54) is 12.1 Å². The first-order valence-electron chi connectivity index (χ1n) is 9.52. The number of para-hydroxylation sites is 1. The van der Waals surface area contributed by atoms with Crippen molar-refractivity contribution in [3.63, 3.8) is 0 Å². The summed E-state index contributed by atoms with van der Waals surface area (Å²) >= 11 is 0. The zero-order valence-corrected chi connectivity index (χ0v) is 17.0. The van der Waals surface area contributed by atoms with Crippen LogP contribution >= 0.6 is 0 Å². The van der Waals surface area contributed by atoms with Crippen LogP contribution in [0.2, 0.25) is 0 Å². The third-order valence-corrected chi connectivity index (χ3v) is 4.52. The van der Waals surface area contributed by atoms with Gasteiger partial charge >= 0.3 is 5.91 Å². The second-order valence-electron chi connectivity index (χ2n) is 8.05. The van der Waals surface area contributed by atoms with Crippen molar-refractivity contribution in [3.05, 3.63) is 52.5 Å². The number of rotatable bonds is 4. The molecule has 1 heterocycles. The van der Waals surface area contributed by atoms with Crippen molar-refractivity contribution in [2.45, 2.75) is 52.5 Å². The fourth-order valence-corrected chi connectivity index (χ4v) is 3.14. The number of furan rings is 1. The van der Waals surface area contributed by atoms with Crippen LogP contribution in [-0.2, 0) is 6.42 Å². The largest absolute Gasteiger partial charge is 0.507 e. The number of nitrogens with zero attached hydrogens (tertiary/aromatic N) is 1. The fraction of sp³-hybridized carbons (Fsp3) is 0.381. The van der Waals surface area contributed by atoms with E-state index in [-0.39, 0.29) is 28.5 Å². The number of amides is 2. The van der Waals surface area contributed by atoms with E-state index in [4.69, 9.17) is 4.42 Å². The Balaban J connectivity index is 1.82. The van der Waals surface area contributed by atoms with Gasteiger partial charge in [-0.3, -0.25) is 15.0 Å². The first-order valence-corrected chi connectivity index (χ1v) is 9.52. The predicted molar refractivity (Wildman–Crippen MR) is 109 cm³/mol. The molecule has 8 nitrogen and oxygen atoms in total. The molecule has 2 aromatic rings. The van der Waals surface area contributed by atoms with Gasteiger partial charge in [0.05, 0.1) is 11.3 Å². The summed E-state index contributed by atoms with van der Waals surface area (Å²) in [6.07, 6.45) is 2.14. The molecular formula is C21H26N4O4. The Kier molecular flexibility index (Phi) is 5.74. The number of hydrogen-bond donors (Lipinski definition) is 4. The SMILES string of the molecule is Cc1c(C(=O)NNC(C)(C)C)oc2c1/C(=N/NC(=O)c1ccccc1O)CCC2. The first kappa shape index (κ1) is 20.6. The van der Waals surface area contributed by atoms with Gasteiger partial charge in [0.25, 0.3) is 5.91 Å². The third kappa shape index (κ3) is 4.65. The van der Waals surface area contributed by atoms with Gasteiger partial charge in [-0.25, -0.2) is 10.9 Å². The maximum Gasteiger partial charge on any atom is 0.301 e. The van der Waals surface area contributed by atoms with Gasteiger partial charge in [-0.05, 0) is 52.7 Å². The molecule has 1 aromatic heterocycles. The van der Waals surface area contributed by atoms with Gasteiger partial charge in [-0.2, -0.15) is 5.10 Å². The number of hydrazone groups is 1. The van der Waals surface area contributed by atoms with Crippen molar-refractivity contribution in [2.75, 3.05) is 0 Å². The number of hydrazine groups is 1. The Labute approximate surface area is 169 Å². The van der Waals surface area contributed by atoms with Crippen LogP contribution in [0.25, 0.3) is 0 Å². The van der Waals surface area contributed by atoms with Crippen LogP contribution in [0.1, 0.15) is 71.4 Å². The summed E-state index contributed by atoms with van der Waals surface area (Å²) in [6.45, 7) is 7.61. The molecule has 0 radical (unpaired) electrons. The van der Waals surface area contributed by atoms with Crippen LogP contribution in [0, 0.1) is 6.92 Å². The van der Waals surface area contributed by atoms with Crippen LogP contribution in [0.4, 0.5) is 0 Å². The molecule has 0 bridgehead atoms. The van der Waals surface area contributed by atoms with E-state index in [0.29, 0.717) is 29.9 Å². The summed E-state index contributed by atoms with van der Waals surface area (Å²) in [5, 5.41) is 14.1. The van der Waals surface area contributed by atoms with Gasteiger partial charge in [-0.1, -0.05) is 12.1 Å². The quantitative estimate of drug-likeness (QED) is 0.591. The molecule has 8 heteroatoms. The highest BCUT2D eigenvalue weighted by atomic mass is 16.4. The van der Waals surface area contributed by atoms with Crippen molar-refractivity contribution in [1.29, 1.82) is 0 Å². The smallest absolute Gasteiger partial charge is 0.301 e. The minimum atomic E-state index is -0.504. The number of phenols is 1. The molecule has 2 amide bonds. The summed E-state index contributed by atoms with van der Waals surface area (Å²) in [5.74, 6) is -0.0569. The van der Waals surface area contributed by atoms with Crippen molar-refractivity contribution in [1.82, 2.24) is 16.3 Å². The van der Waals surface area contributed by atoms with E-state index in [1.807, 2.05) is 20.8 Å². The molecule has 29 heavy (non-hydrogen) atoms. The minimum absolute atomic E-state index is 0.112. The van der Waals surface area contributed by atoms with Crippen molar-refractivity contribution >= 4 is 17.5 Å². The summed E-state index contributed by atoms with van der Waals surface area (Å²) in [5.41, 5.74) is 10.0. The second kappa shape index (κ2) is 8.08. The number of benzene rings is 1. The lowest BCUT2D eigenvalue weighted by atomic mass is 9.93. The zero-order chi connectivity index (χ0) is 21.2. The molecule has 0 spiro atoms. The van der Waals surface area contributed by atoms with Crippen molar-refractivity contribution in [3.8, 4) is 5.75 Å². The second-order valence-corrected chi connectivity index (χ2v) is 8.05. The predicted octanol–water partition coefficient (Wildman–Crippen LogP) is 2.80. The summed E-state index contributed by atoms with van der Waals surface area (Å²) in [7, 11) is 0. The Bertz CT molecular complexity index is 970. The van der Waals surface area contributed by atoms with E-state index in [2.05, 4.69) is 21.4 Å². The molecule has 0 unspecified atom stereocenters. The molecule has 0 aliphatic heterocycles. The van der Waals surface area contributed by atoms with Gasteiger partial charge in [0.1, 0.15) is 11.5 Å². The van der Waals surface area contributed by atoms with Crippen LogP contribution in [0.3, 0.4) is 0 Å². The number of aromatic hydroxyl groups is 1. The molecule has 1 aliphatic carbocycles. The van der Waals surface area contributed by atoms with Gasteiger partial charge in [-0.15, -0.1) is 0 Å². The molecule has 0 atom stereocenters. The lowest BCUT2D eigenvalue weighted by molar-refractivity contribution is 0.0882. The van der Waals surface area contributed by atoms with Gasteiger partial charge in [0.2, 0.25) is 0 Å².